The fourth-order valence-electron chi connectivity index (χ4n) is 1.60. The van der Waals surface area contributed by atoms with E-state index in [0.29, 0.717) is 11.3 Å². The average Bonchev–Trinajstić information content (AvgIpc) is 2.30. The Hall–Kier alpha value is -0.820. The van der Waals surface area contributed by atoms with Gasteiger partial charge in [0.1, 0.15) is 0 Å². The van der Waals surface area contributed by atoms with Gasteiger partial charge in [0, 0.05) is 16.8 Å². The molecular formula is C12H19ClN2O3S. The number of aliphatic hydroxyl groups excluding tert-OH is 1. The van der Waals surface area contributed by atoms with Crippen LogP contribution in [0.2, 0.25) is 5.02 Å². The minimum atomic E-state index is -3.77. The van der Waals surface area contributed by atoms with Crippen LogP contribution in [0.15, 0.2) is 17.0 Å². The molecule has 0 saturated heterocycles. The fourth-order valence-corrected chi connectivity index (χ4v) is 3.57. The van der Waals surface area contributed by atoms with E-state index in [1.165, 1.54) is 12.1 Å². The van der Waals surface area contributed by atoms with Crippen LogP contribution in [0.25, 0.3) is 0 Å². The van der Waals surface area contributed by atoms with Gasteiger partial charge >= 0.3 is 0 Å². The van der Waals surface area contributed by atoms with Gasteiger partial charge < -0.3 is 10.8 Å². The van der Waals surface area contributed by atoms with Crippen LogP contribution in [0.3, 0.4) is 0 Å². The molecule has 5 nitrogen and oxygen atoms in total. The molecule has 0 spiro atoms. The third kappa shape index (κ3) is 3.82. The third-order valence-electron chi connectivity index (χ3n) is 2.96. The molecule has 0 aromatic heterocycles. The molecule has 1 rings (SSSR count). The van der Waals surface area contributed by atoms with Gasteiger partial charge in [-0.25, -0.2) is 13.1 Å². The average molecular weight is 307 g/mol. The zero-order chi connectivity index (χ0) is 14.8. The maximum Gasteiger partial charge on any atom is 0.241 e. The van der Waals surface area contributed by atoms with Gasteiger partial charge in [-0.2, -0.15) is 0 Å². The van der Waals surface area contributed by atoms with Crippen molar-refractivity contribution in [3.8, 4) is 0 Å². The number of nitrogen functional groups attached to an aromatic ring is 1. The highest BCUT2D eigenvalue weighted by atomic mass is 35.5. The fraction of sp³-hybridized carbons (Fsp3) is 0.500. The number of aliphatic hydroxyl groups is 1. The molecule has 0 aliphatic carbocycles. The highest BCUT2D eigenvalue weighted by molar-refractivity contribution is 7.89. The van der Waals surface area contributed by atoms with E-state index in [1.807, 2.05) is 13.8 Å². The third-order valence-corrected chi connectivity index (χ3v) is 4.80. The number of nitrogens with one attached hydrogen (secondary N) is 1. The summed E-state index contributed by atoms with van der Waals surface area (Å²) in [6.07, 6.45) is 0. The van der Waals surface area contributed by atoms with Gasteiger partial charge in [-0.1, -0.05) is 25.4 Å². The highest BCUT2D eigenvalue weighted by Gasteiger charge is 2.24. The van der Waals surface area contributed by atoms with Crippen molar-refractivity contribution in [2.75, 3.05) is 12.3 Å². The van der Waals surface area contributed by atoms with Gasteiger partial charge in [0.25, 0.3) is 0 Å². The molecule has 1 aromatic rings. The summed E-state index contributed by atoms with van der Waals surface area (Å²) in [5.41, 5.74) is 6.47. The molecular weight excluding hydrogens is 288 g/mol. The lowest BCUT2D eigenvalue weighted by atomic mass is 10.1. The molecule has 0 amide bonds. The van der Waals surface area contributed by atoms with Crippen LogP contribution < -0.4 is 10.5 Å². The van der Waals surface area contributed by atoms with Crippen molar-refractivity contribution in [3.05, 3.63) is 22.7 Å². The van der Waals surface area contributed by atoms with Gasteiger partial charge in [0.2, 0.25) is 10.0 Å². The Morgan fingerprint density at radius 1 is 1.42 bits per heavy atom. The smallest absolute Gasteiger partial charge is 0.241 e. The van der Waals surface area contributed by atoms with Crippen LogP contribution in [0, 0.1) is 12.8 Å². The van der Waals surface area contributed by atoms with Crippen LogP contribution in [0.5, 0.6) is 0 Å². The zero-order valence-electron chi connectivity index (χ0n) is 11.1. The molecule has 0 radical (unpaired) electrons. The van der Waals surface area contributed by atoms with Crippen molar-refractivity contribution < 1.29 is 13.5 Å². The first-order valence-corrected chi connectivity index (χ1v) is 7.74. The monoisotopic (exact) mass is 306 g/mol. The Kier molecular flexibility index (Phi) is 5.20. The lowest BCUT2D eigenvalue weighted by Gasteiger charge is -2.21. The predicted molar refractivity (Wildman–Crippen MR) is 76.6 cm³/mol. The Labute approximate surface area is 118 Å². The molecule has 108 valence electrons. The highest BCUT2D eigenvalue weighted by Crippen LogP contribution is 2.26. The molecule has 0 fully saturated rings. The van der Waals surface area contributed by atoms with Gasteiger partial charge in [-0.05, 0) is 30.5 Å². The second-order valence-electron chi connectivity index (χ2n) is 4.77. The Bertz CT molecular complexity index is 558. The van der Waals surface area contributed by atoms with E-state index in [1.54, 1.807) is 6.92 Å². The summed E-state index contributed by atoms with van der Waals surface area (Å²) in [6.45, 7) is 4.99. The van der Waals surface area contributed by atoms with Crippen LogP contribution in [0.4, 0.5) is 5.69 Å². The summed E-state index contributed by atoms with van der Waals surface area (Å²) in [4.78, 5) is 0.0385. The largest absolute Gasteiger partial charge is 0.398 e. The molecule has 1 unspecified atom stereocenters. The van der Waals surface area contributed by atoms with Crippen molar-refractivity contribution in [2.45, 2.75) is 31.7 Å². The summed E-state index contributed by atoms with van der Waals surface area (Å²) in [5.74, 6) is -0.0309. The summed E-state index contributed by atoms with van der Waals surface area (Å²) in [7, 11) is -3.77. The summed E-state index contributed by atoms with van der Waals surface area (Å²) in [5, 5.41) is 9.47. The van der Waals surface area contributed by atoms with E-state index < -0.39 is 16.1 Å². The number of benzene rings is 1. The van der Waals surface area contributed by atoms with Crippen molar-refractivity contribution in [1.29, 1.82) is 0 Å². The van der Waals surface area contributed by atoms with Crippen molar-refractivity contribution in [1.82, 2.24) is 4.72 Å². The van der Waals surface area contributed by atoms with E-state index in [0.717, 1.165) is 0 Å². The molecule has 19 heavy (non-hydrogen) atoms. The lowest BCUT2D eigenvalue weighted by molar-refractivity contribution is 0.227. The molecule has 1 aromatic carbocycles. The van der Waals surface area contributed by atoms with Crippen LogP contribution in [0.1, 0.15) is 19.4 Å². The molecule has 1 atom stereocenters. The predicted octanol–water partition coefficient (Wildman–Crippen LogP) is 1.53. The summed E-state index contributed by atoms with van der Waals surface area (Å²) in [6, 6.07) is 2.30. The first kappa shape index (κ1) is 16.2. The molecule has 0 heterocycles. The first-order chi connectivity index (χ1) is 8.69. The van der Waals surface area contributed by atoms with Crippen molar-refractivity contribution in [2.24, 2.45) is 5.92 Å². The SMILES string of the molecule is Cc1c(N)cc(Cl)cc1S(=O)(=O)NC(CO)C(C)C. The van der Waals surface area contributed by atoms with Gasteiger partial charge in [-0.3, -0.25) is 0 Å². The number of rotatable bonds is 5. The standard InChI is InChI=1S/C12H19ClN2O3S/c1-7(2)11(6-16)15-19(17,18)12-5-9(13)4-10(14)8(12)3/h4-5,7,11,15-16H,6,14H2,1-3H3. The number of sulfonamides is 1. The Morgan fingerprint density at radius 3 is 2.47 bits per heavy atom. The number of nitrogens with two attached hydrogens (primary N) is 1. The second kappa shape index (κ2) is 6.09. The van der Waals surface area contributed by atoms with Crippen molar-refractivity contribution in [3.63, 3.8) is 0 Å². The van der Waals surface area contributed by atoms with Gasteiger partial charge in [0.05, 0.1) is 11.5 Å². The van der Waals surface area contributed by atoms with Gasteiger partial charge in [-0.15, -0.1) is 0 Å². The minimum Gasteiger partial charge on any atom is -0.398 e. The summed E-state index contributed by atoms with van der Waals surface area (Å²) >= 11 is 5.84. The molecule has 4 N–H and O–H groups in total. The number of hydrogen-bond acceptors (Lipinski definition) is 4. The molecule has 0 bridgehead atoms. The van der Waals surface area contributed by atoms with Crippen LogP contribution in [-0.4, -0.2) is 26.2 Å². The lowest BCUT2D eigenvalue weighted by Crippen LogP contribution is -2.41. The van der Waals surface area contributed by atoms with E-state index >= 15 is 0 Å². The van der Waals surface area contributed by atoms with Crippen LogP contribution in [-0.2, 0) is 10.0 Å². The molecule has 0 saturated carbocycles. The van der Waals surface area contributed by atoms with E-state index in [4.69, 9.17) is 17.3 Å². The maximum atomic E-state index is 12.3. The number of halogens is 1. The van der Waals surface area contributed by atoms with E-state index in [2.05, 4.69) is 4.72 Å². The molecule has 0 aliphatic heterocycles. The van der Waals surface area contributed by atoms with Crippen LogP contribution >= 0.6 is 11.6 Å². The number of hydrogen-bond donors (Lipinski definition) is 3. The van der Waals surface area contributed by atoms with E-state index in [-0.39, 0.29) is 22.4 Å². The first-order valence-electron chi connectivity index (χ1n) is 5.88. The normalized spacial score (nSPS) is 13.8. The quantitative estimate of drug-likeness (QED) is 0.719. The van der Waals surface area contributed by atoms with E-state index in [9.17, 15) is 13.5 Å². The summed E-state index contributed by atoms with van der Waals surface area (Å²) < 4.78 is 27.1. The zero-order valence-corrected chi connectivity index (χ0v) is 12.7. The Balaban J connectivity index is 3.21. The number of anilines is 1. The minimum absolute atomic E-state index is 0.0309. The topological polar surface area (TPSA) is 92.4 Å². The van der Waals surface area contributed by atoms with Crippen molar-refractivity contribution >= 4 is 27.3 Å². The molecule has 7 heteroatoms. The maximum absolute atomic E-state index is 12.3. The Morgan fingerprint density at radius 2 is 2.00 bits per heavy atom. The van der Waals surface area contributed by atoms with Gasteiger partial charge in [0.15, 0.2) is 0 Å². The second-order valence-corrected chi connectivity index (χ2v) is 6.89. The molecule has 0 aliphatic rings.